The first-order chi connectivity index (χ1) is 11.2. The molecule has 1 unspecified atom stereocenters. The summed E-state index contributed by atoms with van der Waals surface area (Å²) in [5.41, 5.74) is 7.17. The van der Waals surface area contributed by atoms with E-state index in [1.165, 1.54) is 5.56 Å². The molecule has 1 heterocycles. The van der Waals surface area contributed by atoms with Gasteiger partial charge in [-0.3, -0.25) is 9.69 Å². The normalized spacial score (nSPS) is 12.1. The van der Waals surface area contributed by atoms with E-state index in [1.807, 2.05) is 18.2 Å². The number of carbonyl (C=O) groups is 1. The van der Waals surface area contributed by atoms with Crippen LogP contribution in [0.5, 0.6) is 0 Å². The van der Waals surface area contributed by atoms with Gasteiger partial charge in [0.05, 0.1) is 6.04 Å². The second kappa shape index (κ2) is 8.29. The van der Waals surface area contributed by atoms with Gasteiger partial charge in [0, 0.05) is 6.54 Å². The third-order valence-electron chi connectivity index (χ3n) is 3.90. The quantitative estimate of drug-likeness (QED) is 0.824. The summed E-state index contributed by atoms with van der Waals surface area (Å²) in [6.45, 7) is 6.62. The molecule has 0 bridgehead atoms. The molecule has 23 heavy (non-hydrogen) atoms. The highest BCUT2D eigenvalue weighted by molar-refractivity contribution is 5.92. The maximum Gasteiger partial charge on any atom is 0.270 e. The van der Waals surface area contributed by atoms with Crippen LogP contribution in [0.3, 0.4) is 0 Å². The molecule has 0 radical (unpaired) electrons. The Bertz CT molecular complexity index is 626. The van der Waals surface area contributed by atoms with Gasteiger partial charge in [0.25, 0.3) is 5.91 Å². The lowest BCUT2D eigenvalue weighted by atomic mass is 10.0. The van der Waals surface area contributed by atoms with Gasteiger partial charge in [0.1, 0.15) is 11.5 Å². The average molecular weight is 312 g/mol. The maximum atomic E-state index is 12.3. The molecule has 5 nitrogen and oxygen atoms in total. The van der Waals surface area contributed by atoms with Crippen molar-refractivity contribution < 1.29 is 4.79 Å². The standard InChI is InChI=1S/C18H24N4O/c1-3-22(4-2)16(14-9-6-5-7-10-14)13-20-18(23)15-11-8-12-17(19)21-15/h5-12,16H,3-4,13H2,1-2H3,(H2,19,21)(H,20,23). The summed E-state index contributed by atoms with van der Waals surface area (Å²) >= 11 is 0. The first-order valence-electron chi connectivity index (χ1n) is 7.95. The molecular weight excluding hydrogens is 288 g/mol. The van der Waals surface area contributed by atoms with Crippen molar-refractivity contribution in [3.63, 3.8) is 0 Å². The minimum absolute atomic E-state index is 0.135. The van der Waals surface area contributed by atoms with Crippen molar-refractivity contribution in [3.8, 4) is 0 Å². The van der Waals surface area contributed by atoms with Crippen LogP contribution in [0.25, 0.3) is 0 Å². The smallest absolute Gasteiger partial charge is 0.270 e. The van der Waals surface area contributed by atoms with E-state index in [-0.39, 0.29) is 11.9 Å². The summed E-state index contributed by atoms with van der Waals surface area (Å²) in [6, 6.07) is 15.4. The first kappa shape index (κ1) is 17.0. The lowest BCUT2D eigenvalue weighted by Gasteiger charge is -2.30. The van der Waals surface area contributed by atoms with Gasteiger partial charge in [-0.1, -0.05) is 50.2 Å². The summed E-state index contributed by atoms with van der Waals surface area (Å²) < 4.78 is 0. The molecule has 0 spiro atoms. The van der Waals surface area contributed by atoms with Crippen LogP contribution in [-0.2, 0) is 0 Å². The summed E-state index contributed by atoms with van der Waals surface area (Å²) in [6.07, 6.45) is 0. The predicted molar refractivity (Wildman–Crippen MR) is 93.1 cm³/mol. The number of nitrogens with two attached hydrogens (primary N) is 1. The second-order valence-corrected chi connectivity index (χ2v) is 5.31. The number of benzene rings is 1. The van der Waals surface area contributed by atoms with E-state index in [0.717, 1.165) is 13.1 Å². The third kappa shape index (κ3) is 4.53. The van der Waals surface area contributed by atoms with Gasteiger partial charge in [-0.05, 0) is 30.8 Å². The zero-order chi connectivity index (χ0) is 16.7. The van der Waals surface area contributed by atoms with E-state index in [9.17, 15) is 4.79 Å². The molecule has 1 atom stereocenters. The predicted octanol–water partition coefficient (Wildman–Crippen LogP) is 2.48. The molecule has 2 rings (SSSR count). The summed E-state index contributed by atoms with van der Waals surface area (Å²) in [5.74, 6) is 0.145. The zero-order valence-corrected chi connectivity index (χ0v) is 13.7. The molecule has 5 heteroatoms. The van der Waals surface area contributed by atoms with Crippen LogP contribution in [0.2, 0.25) is 0 Å². The van der Waals surface area contributed by atoms with Crippen molar-refractivity contribution in [2.24, 2.45) is 0 Å². The summed E-state index contributed by atoms with van der Waals surface area (Å²) in [5, 5.41) is 2.98. The Kier molecular flexibility index (Phi) is 6.11. The lowest BCUT2D eigenvalue weighted by Crippen LogP contribution is -2.38. The number of nitrogens with one attached hydrogen (secondary N) is 1. The lowest BCUT2D eigenvalue weighted by molar-refractivity contribution is 0.0930. The number of anilines is 1. The number of likely N-dealkylation sites (N-methyl/N-ethyl adjacent to an activating group) is 1. The molecule has 2 aromatic rings. The fraction of sp³-hybridized carbons (Fsp3) is 0.333. The van der Waals surface area contributed by atoms with Crippen molar-refractivity contribution >= 4 is 11.7 Å². The van der Waals surface area contributed by atoms with Gasteiger partial charge < -0.3 is 11.1 Å². The molecule has 0 aliphatic heterocycles. The molecule has 1 aromatic carbocycles. The molecule has 0 saturated heterocycles. The van der Waals surface area contributed by atoms with E-state index in [1.54, 1.807) is 18.2 Å². The van der Waals surface area contributed by atoms with Crippen LogP contribution in [-0.4, -0.2) is 35.4 Å². The molecule has 0 aliphatic rings. The Labute approximate surface area is 137 Å². The number of hydrogen-bond donors (Lipinski definition) is 2. The Morgan fingerprint density at radius 2 is 1.83 bits per heavy atom. The highest BCUT2D eigenvalue weighted by Gasteiger charge is 2.19. The van der Waals surface area contributed by atoms with Gasteiger partial charge >= 0.3 is 0 Å². The van der Waals surface area contributed by atoms with Crippen LogP contribution >= 0.6 is 0 Å². The number of nitrogens with zero attached hydrogens (tertiary/aromatic N) is 2. The largest absolute Gasteiger partial charge is 0.384 e. The number of nitrogen functional groups attached to an aromatic ring is 1. The molecule has 0 aliphatic carbocycles. The number of amides is 1. The highest BCUT2D eigenvalue weighted by Crippen LogP contribution is 2.19. The minimum Gasteiger partial charge on any atom is -0.384 e. The van der Waals surface area contributed by atoms with Crippen molar-refractivity contribution in [1.82, 2.24) is 15.2 Å². The average Bonchev–Trinajstić information content (AvgIpc) is 2.59. The Hall–Kier alpha value is -2.40. The summed E-state index contributed by atoms with van der Waals surface area (Å²) in [4.78, 5) is 18.7. The van der Waals surface area contributed by atoms with Gasteiger partial charge in [0.15, 0.2) is 0 Å². The van der Waals surface area contributed by atoms with Crippen LogP contribution in [0, 0.1) is 0 Å². The second-order valence-electron chi connectivity index (χ2n) is 5.31. The van der Waals surface area contributed by atoms with Crippen molar-refractivity contribution in [3.05, 3.63) is 59.8 Å². The third-order valence-corrected chi connectivity index (χ3v) is 3.90. The molecule has 0 saturated carbocycles. The van der Waals surface area contributed by atoms with E-state index in [0.29, 0.717) is 18.1 Å². The fourth-order valence-electron chi connectivity index (χ4n) is 2.66. The minimum atomic E-state index is -0.203. The molecule has 3 N–H and O–H groups in total. The van der Waals surface area contributed by atoms with Crippen LogP contribution in [0.1, 0.15) is 35.9 Å². The van der Waals surface area contributed by atoms with E-state index in [2.05, 4.69) is 41.2 Å². The topological polar surface area (TPSA) is 71.2 Å². The SMILES string of the molecule is CCN(CC)C(CNC(=O)c1cccc(N)n1)c1ccccc1. The maximum absolute atomic E-state index is 12.3. The van der Waals surface area contributed by atoms with Gasteiger partial charge in [-0.2, -0.15) is 0 Å². The molecule has 1 aromatic heterocycles. The number of carbonyl (C=O) groups excluding carboxylic acids is 1. The van der Waals surface area contributed by atoms with Gasteiger partial charge in [0.2, 0.25) is 0 Å². The van der Waals surface area contributed by atoms with Crippen molar-refractivity contribution in [2.75, 3.05) is 25.4 Å². The highest BCUT2D eigenvalue weighted by atomic mass is 16.1. The van der Waals surface area contributed by atoms with Crippen LogP contribution in [0.15, 0.2) is 48.5 Å². The summed E-state index contributed by atoms with van der Waals surface area (Å²) in [7, 11) is 0. The van der Waals surface area contributed by atoms with Crippen molar-refractivity contribution in [1.29, 1.82) is 0 Å². The Morgan fingerprint density at radius 3 is 2.43 bits per heavy atom. The Morgan fingerprint density at radius 1 is 1.13 bits per heavy atom. The fourth-order valence-corrected chi connectivity index (χ4v) is 2.66. The monoisotopic (exact) mass is 312 g/mol. The molecule has 0 fully saturated rings. The number of pyridine rings is 1. The molecular formula is C18H24N4O. The van der Waals surface area contributed by atoms with E-state index >= 15 is 0 Å². The number of aromatic nitrogens is 1. The number of rotatable bonds is 7. The molecule has 1 amide bonds. The van der Waals surface area contributed by atoms with Crippen LogP contribution < -0.4 is 11.1 Å². The first-order valence-corrected chi connectivity index (χ1v) is 7.95. The van der Waals surface area contributed by atoms with Crippen molar-refractivity contribution in [2.45, 2.75) is 19.9 Å². The van der Waals surface area contributed by atoms with E-state index in [4.69, 9.17) is 5.73 Å². The zero-order valence-electron chi connectivity index (χ0n) is 13.7. The van der Waals surface area contributed by atoms with Gasteiger partial charge in [-0.25, -0.2) is 4.98 Å². The van der Waals surface area contributed by atoms with Gasteiger partial charge in [-0.15, -0.1) is 0 Å². The van der Waals surface area contributed by atoms with Crippen LogP contribution in [0.4, 0.5) is 5.82 Å². The molecule has 122 valence electrons. The number of hydrogen-bond acceptors (Lipinski definition) is 4. The Balaban J connectivity index is 2.10. The van der Waals surface area contributed by atoms with E-state index < -0.39 is 0 Å².